The van der Waals surface area contributed by atoms with Gasteiger partial charge in [0.05, 0.1) is 0 Å². The smallest absolute Gasteiger partial charge is 0.215 e. The molecule has 0 saturated carbocycles. The van der Waals surface area contributed by atoms with E-state index in [1.54, 1.807) is 0 Å². The molecule has 0 radical (unpaired) electrons. The van der Waals surface area contributed by atoms with Crippen molar-refractivity contribution in [1.82, 2.24) is 4.98 Å². The maximum Gasteiger partial charge on any atom is 0.215 e. The molecule has 96 valence electrons. The number of hydrogen-bond donors (Lipinski definition) is 1. The summed E-state index contributed by atoms with van der Waals surface area (Å²) in [5.41, 5.74) is -0.0821. The van der Waals surface area contributed by atoms with Crippen LogP contribution in [0.25, 0.3) is 0 Å². The molecule has 0 fully saturated rings. The van der Waals surface area contributed by atoms with Gasteiger partial charge in [0.15, 0.2) is 5.71 Å². The van der Waals surface area contributed by atoms with Crippen molar-refractivity contribution in [2.24, 2.45) is 5.16 Å². The van der Waals surface area contributed by atoms with Gasteiger partial charge >= 0.3 is 0 Å². The molecule has 0 saturated heterocycles. The molecule has 19 heavy (non-hydrogen) atoms. The molecule has 0 aliphatic heterocycles. The fraction of sp³-hybridized carbons (Fsp3) is 0. The summed E-state index contributed by atoms with van der Waals surface area (Å²) in [6, 6.07) is 7.05. The largest absolute Gasteiger partial charge is 0.410 e. The van der Waals surface area contributed by atoms with Gasteiger partial charge in [-0.2, -0.15) is 4.39 Å². The lowest BCUT2D eigenvalue weighted by molar-refractivity contribution is 0.106. The maximum atomic E-state index is 12.9. The second-order valence-corrected chi connectivity index (χ2v) is 3.65. The molecule has 0 aliphatic carbocycles. The quantitative estimate of drug-likeness (QED) is 0.304. The Balaban J connectivity index is 2.38. The molecule has 0 bridgehead atoms. The van der Waals surface area contributed by atoms with Crippen LogP contribution in [-0.4, -0.2) is 21.7 Å². The van der Waals surface area contributed by atoms with E-state index in [1.165, 1.54) is 18.2 Å². The highest BCUT2D eigenvalue weighted by Crippen LogP contribution is 2.10. The Hall–Kier alpha value is -2.63. The summed E-state index contributed by atoms with van der Waals surface area (Å²) < 4.78 is 25.7. The summed E-state index contributed by atoms with van der Waals surface area (Å²) in [7, 11) is 0. The summed E-state index contributed by atoms with van der Waals surface area (Å²) in [4.78, 5) is 15.4. The molecule has 0 aliphatic rings. The first-order valence-corrected chi connectivity index (χ1v) is 5.26. The van der Waals surface area contributed by atoms with Gasteiger partial charge in [0.25, 0.3) is 0 Å². The minimum Gasteiger partial charge on any atom is -0.410 e. The lowest BCUT2D eigenvalue weighted by Gasteiger charge is -2.04. The monoisotopic (exact) mass is 262 g/mol. The van der Waals surface area contributed by atoms with Crippen LogP contribution >= 0.6 is 0 Å². The van der Waals surface area contributed by atoms with Crippen molar-refractivity contribution in [1.29, 1.82) is 0 Å². The van der Waals surface area contributed by atoms with Gasteiger partial charge in [-0.1, -0.05) is 5.16 Å². The van der Waals surface area contributed by atoms with Crippen molar-refractivity contribution >= 4 is 11.5 Å². The second kappa shape index (κ2) is 5.34. The van der Waals surface area contributed by atoms with Gasteiger partial charge in [0.1, 0.15) is 5.82 Å². The number of pyridine rings is 1. The topological polar surface area (TPSA) is 62.5 Å². The minimum absolute atomic E-state index is 0.00961. The van der Waals surface area contributed by atoms with Crippen LogP contribution in [0.5, 0.6) is 0 Å². The van der Waals surface area contributed by atoms with Gasteiger partial charge in [-0.25, -0.2) is 9.37 Å². The molecule has 0 atom stereocenters. The Morgan fingerprint density at radius 1 is 1.11 bits per heavy atom. The van der Waals surface area contributed by atoms with E-state index < -0.39 is 17.5 Å². The summed E-state index contributed by atoms with van der Waals surface area (Å²) in [5, 5.41) is 11.8. The van der Waals surface area contributed by atoms with Crippen LogP contribution in [0.15, 0.2) is 47.8 Å². The molecule has 1 aromatic heterocycles. The van der Waals surface area contributed by atoms with Gasteiger partial charge in [-0.05, 0) is 30.3 Å². The molecular formula is C13H8F2N2O2. The van der Waals surface area contributed by atoms with Crippen molar-refractivity contribution in [3.8, 4) is 0 Å². The summed E-state index contributed by atoms with van der Waals surface area (Å²) >= 11 is 0. The lowest BCUT2D eigenvalue weighted by Crippen LogP contribution is -2.16. The molecular weight excluding hydrogens is 254 g/mol. The molecule has 0 amide bonds. The van der Waals surface area contributed by atoms with Crippen molar-refractivity contribution in [3.05, 3.63) is 65.5 Å². The van der Waals surface area contributed by atoms with Gasteiger partial charge in [-0.15, -0.1) is 0 Å². The van der Waals surface area contributed by atoms with Crippen molar-refractivity contribution < 1.29 is 18.8 Å². The van der Waals surface area contributed by atoms with Crippen LogP contribution in [0.1, 0.15) is 15.9 Å². The Morgan fingerprint density at radius 3 is 2.37 bits per heavy atom. The summed E-state index contributed by atoms with van der Waals surface area (Å²) in [5.74, 6) is -1.99. The molecule has 4 nitrogen and oxygen atoms in total. The molecule has 0 spiro atoms. The van der Waals surface area contributed by atoms with Gasteiger partial charge in [0.2, 0.25) is 11.7 Å². The zero-order valence-electron chi connectivity index (χ0n) is 9.55. The standard InChI is InChI=1S/C13H8F2N2O2/c14-10-3-1-8(2-4-10)12(17-19)13(18)9-5-6-16-11(15)7-9/h1-7,19H. The fourth-order valence-electron chi connectivity index (χ4n) is 1.52. The van der Waals surface area contributed by atoms with E-state index in [1.807, 2.05) is 0 Å². The second-order valence-electron chi connectivity index (χ2n) is 3.65. The molecule has 0 unspecified atom stereocenters. The Labute approximate surface area is 107 Å². The zero-order chi connectivity index (χ0) is 13.8. The fourth-order valence-corrected chi connectivity index (χ4v) is 1.52. The van der Waals surface area contributed by atoms with E-state index in [-0.39, 0.29) is 16.8 Å². The highest BCUT2D eigenvalue weighted by molar-refractivity contribution is 6.51. The van der Waals surface area contributed by atoms with Crippen LogP contribution in [0.4, 0.5) is 8.78 Å². The number of rotatable bonds is 3. The number of halogens is 2. The first-order valence-electron chi connectivity index (χ1n) is 5.26. The minimum atomic E-state index is -0.817. The lowest BCUT2D eigenvalue weighted by atomic mass is 10.0. The predicted molar refractivity (Wildman–Crippen MR) is 63.2 cm³/mol. The number of hydrogen-bond acceptors (Lipinski definition) is 4. The normalized spacial score (nSPS) is 11.4. The van der Waals surface area contributed by atoms with Gasteiger partial charge < -0.3 is 5.21 Å². The van der Waals surface area contributed by atoms with Crippen molar-refractivity contribution in [3.63, 3.8) is 0 Å². The van der Waals surface area contributed by atoms with Gasteiger partial charge in [0, 0.05) is 23.4 Å². The number of carbonyl (C=O) groups excluding carboxylic acids is 1. The third-order valence-corrected chi connectivity index (χ3v) is 2.42. The molecule has 6 heteroatoms. The van der Waals surface area contributed by atoms with E-state index in [0.717, 1.165) is 24.4 Å². The number of carbonyl (C=O) groups is 1. The average Bonchev–Trinajstić information content (AvgIpc) is 2.41. The third-order valence-electron chi connectivity index (χ3n) is 2.42. The van der Waals surface area contributed by atoms with E-state index in [9.17, 15) is 13.6 Å². The Kier molecular flexibility index (Phi) is 3.61. The SMILES string of the molecule is O=C(C(=NO)c1ccc(F)cc1)c1ccnc(F)c1. The summed E-state index contributed by atoms with van der Waals surface area (Å²) in [6.07, 6.45) is 1.13. The number of aromatic nitrogens is 1. The van der Waals surface area contributed by atoms with E-state index >= 15 is 0 Å². The van der Waals surface area contributed by atoms with Crippen LogP contribution in [0.3, 0.4) is 0 Å². The molecule has 1 aromatic carbocycles. The molecule has 1 N–H and O–H groups in total. The third kappa shape index (κ3) is 2.79. The number of nitrogens with zero attached hydrogens (tertiary/aromatic N) is 2. The first-order chi connectivity index (χ1) is 9.11. The van der Waals surface area contributed by atoms with Crippen LogP contribution < -0.4 is 0 Å². The van der Waals surface area contributed by atoms with Crippen LogP contribution in [0, 0.1) is 11.8 Å². The highest BCUT2D eigenvalue weighted by Gasteiger charge is 2.17. The molecule has 2 rings (SSSR count). The Bertz CT molecular complexity index is 639. The van der Waals surface area contributed by atoms with E-state index in [4.69, 9.17) is 5.21 Å². The molecule has 1 heterocycles. The first kappa shape index (κ1) is 12.8. The van der Waals surface area contributed by atoms with Crippen molar-refractivity contribution in [2.75, 3.05) is 0 Å². The highest BCUT2D eigenvalue weighted by atomic mass is 19.1. The van der Waals surface area contributed by atoms with Crippen molar-refractivity contribution in [2.45, 2.75) is 0 Å². The predicted octanol–water partition coefficient (Wildman–Crippen LogP) is 2.42. The zero-order valence-corrected chi connectivity index (χ0v) is 9.55. The van der Waals surface area contributed by atoms with E-state index in [0.29, 0.717) is 0 Å². The van der Waals surface area contributed by atoms with Gasteiger partial charge in [-0.3, -0.25) is 4.79 Å². The average molecular weight is 262 g/mol. The maximum absolute atomic E-state index is 12.9. The Morgan fingerprint density at radius 2 is 1.79 bits per heavy atom. The summed E-state index contributed by atoms with van der Waals surface area (Å²) in [6.45, 7) is 0. The number of ketones is 1. The van der Waals surface area contributed by atoms with E-state index in [2.05, 4.69) is 10.1 Å². The molecule has 2 aromatic rings. The number of Topliss-reactive ketones (excluding diaryl/α,β-unsaturated/α-hetero) is 1. The van der Waals surface area contributed by atoms with Crippen LogP contribution in [0.2, 0.25) is 0 Å². The number of oxime groups is 1. The number of benzene rings is 1. The van der Waals surface area contributed by atoms with Crippen LogP contribution in [-0.2, 0) is 0 Å².